The van der Waals surface area contributed by atoms with E-state index in [0.29, 0.717) is 43.5 Å². The summed E-state index contributed by atoms with van der Waals surface area (Å²) in [5.41, 5.74) is 1.21. The van der Waals surface area contributed by atoms with E-state index >= 15 is 0 Å². The van der Waals surface area contributed by atoms with Gasteiger partial charge in [-0.3, -0.25) is 9.36 Å². The van der Waals surface area contributed by atoms with Gasteiger partial charge < -0.3 is 42.4 Å². The third kappa shape index (κ3) is 17.0. The summed E-state index contributed by atoms with van der Waals surface area (Å²) in [6.45, 7) is 14.6. The van der Waals surface area contributed by atoms with Crippen molar-refractivity contribution in [2.24, 2.45) is 5.92 Å². The molecule has 274 valence electrons. The number of benzene rings is 1. The molecule has 1 aromatic carbocycles. The van der Waals surface area contributed by atoms with E-state index in [1.54, 1.807) is 12.0 Å². The fourth-order valence-electron chi connectivity index (χ4n) is 4.37. The number of hydrogen-bond acceptors (Lipinski definition) is 12. The van der Waals surface area contributed by atoms with Crippen LogP contribution < -0.4 is 9.47 Å². The third-order valence-electron chi connectivity index (χ3n) is 7.20. The number of nitrogens with zero attached hydrogens (tertiary/aromatic N) is 1. The summed E-state index contributed by atoms with van der Waals surface area (Å²) < 4.78 is 51.9. The van der Waals surface area contributed by atoms with Crippen LogP contribution in [0.4, 0.5) is 4.79 Å². The highest BCUT2D eigenvalue weighted by molar-refractivity contribution is 7.54. The number of ether oxygens (including phenoxy) is 6. The Morgan fingerprint density at radius 1 is 0.958 bits per heavy atom. The lowest BCUT2D eigenvalue weighted by atomic mass is 9.87. The van der Waals surface area contributed by atoms with E-state index in [2.05, 4.69) is 33.4 Å². The molecule has 0 bridgehead atoms. The van der Waals surface area contributed by atoms with Crippen LogP contribution in [-0.4, -0.2) is 105 Å². The van der Waals surface area contributed by atoms with E-state index in [4.69, 9.17) is 23.7 Å². The van der Waals surface area contributed by atoms with Crippen LogP contribution in [0.1, 0.15) is 45.6 Å². The van der Waals surface area contributed by atoms with Gasteiger partial charge in [-0.05, 0) is 75.3 Å². The summed E-state index contributed by atoms with van der Waals surface area (Å²) in [4.78, 5) is 36.9. The molecule has 0 radical (unpaired) electrons. The van der Waals surface area contributed by atoms with Crippen LogP contribution in [-0.2, 0) is 42.1 Å². The standard InChI is InChI=1S/C28H45NO7Si.C5H11O5P/c1-28(2,3)36-27(31)29-13-11-21(12-14-29)17-23(19-26(30)33-5)22-9-10-24(25(18-22)32-4)35-20-34-15-16-37(6,7)8;1-8-5(6)4-11(7,9-2)10-3/h9-10,18-19,21H,11-17,20H2,1-8H3;4H2,1-3H3. The van der Waals surface area contributed by atoms with Crippen molar-refractivity contribution in [3.8, 4) is 11.5 Å². The van der Waals surface area contributed by atoms with Crippen molar-refractivity contribution < 1.29 is 56.4 Å². The maximum atomic E-state index is 12.4. The Balaban J connectivity index is 0.000000894. The molecule has 1 saturated heterocycles. The number of esters is 2. The maximum absolute atomic E-state index is 12.4. The molecular weight excluding hydrogens is 661 g/mol. The molecule has 0 N–H and O–H groups in total. The minimum absolute atomic E-state index is 0.154. The van der Waals surface area contributed by atoms with Crippen molar-refractivity contribution in [1.29, 1.82) is 0 Å². The van der Waals surface area contributed by atoms with E-state index < -0.39 is 33.2 Å². The summed E-state index contributed by atoms with van der Waals surface area (Å²) in [6.07, 6.45) is 3.24. The van der Waals surface area contributed by atoms with Gasteiger partial charge in [0.25, 0.3) is 0 Å². The first-order valence-corrected chi connectivity index (χ1v) is 21.3. The number of allylic oxidation sites excluding steroid dienone is 1. The topological polar surface area (TPSA) is 145 Å². The molecule has 48 heavy (non-hydrogen) atoms. The van der Waals surface area contributed by atoms with Crippen LogP contribution in [0.2, 0.25) is 25.7 Å². The Labute approximate surface area is 287 Å². The van der Waals surface area contributed by atoms with Crippen molar-refractivity contribution in [3.05, 3.63) is 29.8 Å². The molecule has 0 aromatic heterocycles. The Bertz CT molecular complexity index is 1240. The minimum atomic E-state index is -3.23. The molecule has 1 heterocycles. The number of likely N-dealkylation sites (tertiary alicyclic amines) is 1. The number of hydrogen-bond donors (Lipinski definition) is 0. The SMILES string of the molecule is COC(=O)C=C(CC1CCN(C(=O)OC(C)(C)C)CC1)c1ccc(OCOCC[Si](C)(C)C)c(OC)c1.COC(=O)CP(=O)(OC)OC. The van der Waals surface area contributed by atoms with E-state index in [0.717, 1.165) is 30.0 Å². The van der Waals surface area contributed by atoms with Crippen LogP contribution in [0.5, 0.6) is 11.5 Å². The number of rotatable bonds is 15. The predicted octanol–water partition coefficient (Wildman–Crippen LogP) is 6.63. The molecule has 1 aliphatic rings. The van der Waals surface area contributed by atoms with Gasteiger partial charge in [0, 0.05) is 48.1 Å². The van der Waals surface area contributed by atoms with Gasteiger partial charge in [0.1, 0.15) is 11.8 Å². The van der Waals surface area contributed by atoms with Gasteiger partial charge in [0.2, 0.25) is 0 Å². The Kier molecular flexibility index (Phi) is 18.5. The molecule has 15 heteroatoms. The zero-order valence-electron chi connectivity index (χ0n) is 30.5. The molecule has 1 aliphatic heterocycles. The first-order valence-electron chi connectivity index (χ1n) is 15.8. The molecule has 1 aromatic rings. The number of carbonyl (C=O) groups excluding carboxylic acids is 3. The van der Waals surface area contributed by atoms with Crippen LogP contribution in [0.15, 0.2) is 24.3 Å². The second-order valence-corrected chi connectivity index (χ2v) is 21.3. The predicted molar refractivity (Wildman–Crippen MR) is 186 cm³/mol. The highest BCUT2D eigenvalue weighted by atomic mass is 31.2. The van der Waals surface area contributed by atoms with Crippen LogP contribution in [0.3, 0.4) is 0 Å². The van der Waals surface area contributed by atoms with Crippen molar-refractivity contribution in [1.82, 2.24) is 4.90 Å². The Morgan fingerprint density at radius 2 is 1.58 bits per heavy atom. The van der Waals surface area contributed by atoms with Gasteiger partial charge >= 0.3 is 25.6 Å². The Hall–Kier alpha value is -2.90. The smallest absolute Gasteiger partial charge is 0.410 e. The lowest BCUT2D eigenvalue weighted by Gasteiger charge is -2.33. The first kappa shape index (κ1) is 43.1. The molecule has 0 spiro atoms. The van der Waals surface area contributed by atoms with Gasteiger partial charge in [0.15, 0.2) is 18.3 Å². The summed E-state index contributed by atoms with van der Waals surface area (Å²) >= 11 is 0. The molecule has 1 fully saturated rings. The quantitative estimate of drug-likeness (QED) is 0.0365. The van der Waals surface area contributed by atoms with E-state index in [1.807, 2.05) is 39.0 Å². The fourth-order valence-corrected chi connectivity index (χ4v) is 5.98. The monoisotopic (exact) mass is 717 g/mol. The summed E-state index contributed by atoms with van der Waals surface area (Å²) in [7, 11) is 2.22. The highest BCUT2D eigenvalue weighted by Crippen LogP contribution is 2.46. The van der Waals surface area contributed by atoms with E-state index in [-0.39, 0.29) is 19.0 Å². The maximum Gasteiger partial charge on any atom is 0.410 e. The van der Waals surface area contributed by atoms with Crippen LogP contribution in [0, 0.1) is 5.92 Å². The summed E-state index contributed by atoms with van der Waals surface area (Å²) in [5.74, 6) is 0.453. The lowest BCUT2D eigenvalue weighted by molar-refractivity contribution is -0.138. The van der Waals surface area contributed by atoms with Crippen molar-refractivity contribution in [3.63, 3.8) is 0 Å². The first-order chi connectivity index (χ1) is 22.4. The molecule has 2 rings (SSSR count). The Morgan fingerprint density at radius 3 is 2.08 bits per heavy atom. The second kappa shape index (κ2) is 20.6. The van der Waals surface area contributed by atoms with Crippen LogP contribution >= 0.6 is 7.60 Å². The normalized spacial score (nSPS) is 14.4. The van der Waals surface area contributed by atoms with Gasteiger partial charge in [-0.25, -0.2) is 9.59 Å². The van der Waals surface area contributed by atoms with Crippen molar-refractivity contribution in [2.45, 2.75) is 71.3 Å². The third-order valence-corrected chi connectivity index (χ3v) is 10.7. The summed E-state index contributed by atoms with van der Waals surface area (Å²) in [5, 5.41) is 0. The molecule has 1 amide bonds. The van der Waals surface area contributed by atoms with E-state index in [9.17, 15) is 18.9 Å². The molecule has 0 unspecified atom stereocenters. The minimum Gasteiger partial charge on any atom is -0.493 e. The molecule has 13 nitrogen and oxygen atoms in total. The largest absolute Gasteiger partial charge is 0.493 e. The number of piperidine rings is 1. The van der Waals surface area contributed by atoms with Crippen molar-refractivity contribution in [2.75, 3.05) is 68.2 Å². The molecule has 0 atom stereocenters. The molecular formula is C33H56NO12PSi. The van der Waals surface area contributed by atoms with Gasteiger partial charge in [-0.2, -0.15) is 0 Å². The van der Waals surface area contributed by atoms with Gasteiger partial charge in [-0.15, -0.1) is 0 Å². The second-order valence-electron chi connectivity index (χ2n) is 13.4. The highest BCUT2D eigenvalue weighted by Gasteiger charge is 2.28. The average Bonchev–Trinajstić information content (AvgIpc) is 3.03. The molecule has 0 saturated carbocycles. The number of methoxy groups -OCH3 is 3. The zero-order valence-corrected chi connectivity index (χ0v) is 32.4. The van der Waals surface area contributed by atoms with Gasteiger partial charge in [-0.1, -0.05) is 25.7 Å². The summed E-state index contributed by atoms with van der Waals surface area (Å²) in [6, 6.07) is 6.71. The number of carbonyl (C=O) groups is 3. The fraction of sp³-hybridized carbons (Fsp3) is 0.667. The van der Waals surface area contributed by atoms with Gasteiger partial charge in [0.05, 0.1) is 21.3 Å². The zero-order chi connectivity index (χ0) is 36.5. The van der Waals surface area contributed by atoms with Crippen molar-refractivity contribution >= 4 is 39.3 Å². The lowest BCUT2D eigenvalue weighted by Crippen LogP contribution is -2.41. The molecule has 0 aliphatic carbocycles. The van der Waals surface area contributed by atoms with Crippen LogP contribution in [0.25, 0.3) is 5.57 Å². The average molecular weight is 718 g/mol. The number of amides is 1. The van der Waals surface area contributed by atoms with E-state index in [1.165, 1.54) is 34.5 Å².